The molecule has 32 heavy (non-hydrogen) atoms. The highest BCUT2D eigenvalue weighted by Crippen LogP contribution is 2.22. The molecule has 0 heterocycles. The highest BCUT2D eigenvalue weighted by Gasteiger charge is 1.98. The van der Waals surface area contributed by atoms with Crippen molar-refractivity contribution in [1.82, 2.24) is 0 Å². The van der Waals surface area contributed by atoms with Crippen molar-refractivity contribution in [2.45, 2.75) is 0 Å². The third-order valence-corrected chi connectivity index (χ3v) is 5.25. The van der Waals surface area contributed by atoms with Crippen LogP contribution in [0.1, 0.15) is 33.4 Å². The van der Waals surface area contributed by atoms with Crippen LogP contribution in [-0.2, 0) is 0 Å². The fraction of sp³-hybridized carbons (Fsp3) is 0. The quantitative estimate of drug-likeness (QED) is 0.236. The molecular weight excluding hydrogens is 384 g/mol. The Bertz CT molecular complexity index is 1210. The maximum atomic E-state index is 5.41. The molecule has 0 heteroatoms. The lowest BCUT2D eigenvalue weighted by Gasteiger charge is -2.04. The Hall–Kier alpha value is -4.52. The highest BCUT2D eigenvalue weighted by molar-refractivity contribution is 5.74. The lowest BCUT2D eigenvalue weighted by molar-refractivity contribution is 1.58. The van der Waals surface area contributed by atoms with Crippen molar-refractivity contribution < 1.29 is 0 Å². The fourth-order valence-electron chi connectivity index (χ4n) is 3.34. The molecule has 4 aromatic rings. The molecule has 0 aromatic heterocycles. The van der Waals surface area contributed by atoms with Crippen LogP contribution in [0.25, 0.3) is 35.4 Å². The first-order valence-corrected chi connectivity index (χ1v) is 10.4. The van der Waals surface area contributed by atoms with Gasteiger partial charge in [-0.3, -0.25) is 0 Å². The van der Waals surface area contributed by atoms with Gasteiger partial charge in [-0.05, 0) is 57.6 Å². The molecule has 0 aliphatic heterocycles. The first-order valence-electron chi connectivity index (χ1n) is 10.4. The third-order valence-electron chi connectivity index (χ3n) is 5.25. The second-order valence-corrected chi connectivity index (χ2v) is 7.44. The van der Waals surface area contributed by atoms with Gasteiger partial charge < -0.3 is 0 Å². The van der Waals surface area contributed by atoms with Crippen molar-refractivity contribution in [3.8, 4) is 35.8 Å². The summed E-state index contributed by atoms with van der Waals surface area (Å²) in [4.78, 5) is 0. The fourth-order valence-corrected chi connectivity index (χ4v) is 3.34. The van der Waals surface area contributed by atoms with Gasteiger partial charge in [-0.15, -0.1) is 12.8 Å². The van der Waals surface area contributed by atoms with Crippen molar-refractivity contribution in [3.05, 3.63) is 130 Å². The minimum absolute atomic E-state index is 0.895. The van der Waals surface area contributed by atoms with Gasteiger partial charge in [-0.25, -0.2) is 0 Å². The smallest absolute Gasteiger partial charge is 0.0243 e. The van der Waals surface area contributed by atoms with E-state index in [-0.39, 0.29) is 0 Å². The summed E-state index contributed by atoms with van der Waals surface area (Å²) in [6, 6.07) is 33.1. The van der Waals surface area contributed by atoms with E-state index in [2.05, 4.69) is 84.7 Å². The Morgan fingerprint density at radius 1 is 0.375 bits per heavy atom. The largest absolute Gasteiger partial charge is 0.115 e. The van der Waals surface area contributed by atoms with Crippen LogP contribution in [0.3, 0.4) is 0 Å². The summed E-state index contributed by atoms with van der Waals surface area (Å²) < 4.78 is 0. The Morgan fingerprint density at radius 2 is 0.625 bits per heavy atom. The van der Waals surface area contributed by atoms with Crippen LogP contribution in [0.5, 0.6) is 0 Å². The van der Waals surface area contributed by atoms with Gasteiger partial charge in [0.2, 0.25) is 0 Å². The molecule has 0 N–H and O–H groups in total. The molecule has 0 atom stereocenters. The zero-order chi connectivity index (χ0) is 22.2. The lowest BCUT2D eigenvalue weighted by atomic mass is 10.0. The van der Waals surface area contributed by atoms with Crippen molar-refractivity contribution >= 4 is 24.3 Å². The molecule has 4 aromatic carbocycles. The average Bonchev–Trinajstić information content (AvgIpc) is 2.87. The summed E-state index contributed by atoms with van der Waals surface area (Å²) in [5, 5.41) is 0. The molecule has 0 fully saturated rings. The van der Waals surface area contributed by atoms with E-state index in [1.54, 1.807) is 0 Å². The van der Waals surface area contributed by atoms with Crippen molar-refractivity contribution in [1.29, 1.82) is 0 Å². The molecule has 150 valence electrons. The number of hydrogen-bond donors (Lipinski definition) is 0. The summed E-state index contributed by atoms with van der Waals surface area (Å²) in [6.07, 6.45) is 19.2. The lowest BCUT2D eigenvalue weighted by Crippen LogP contribution is -1.80. The van der Waals surface area contributed by atoms with E-state index < -0.39 is 0 Å². The molecule has 0 radical (unpaired) electrons. The number of benzene rings is 4. The van der Waals surface area contributed by atoms with Crippen molar-refractivity contribution in [3.63, 3.8) is 0 Å². The predicted octanol–water partition coefficient (Wildman–Crippen LogP) is 7.66. The van der Waals surface area contributed by atoms with E-state index in [1.165, 1.54) is 11.1 Å². The first kappa shape index (κ1) is 20.7. The zero-order valence-corrected chi connectivity index (χ0v) is 17.7. The molecular formula is C32H22. The molecule has 0 aliphatic rings. The van der Waals surface area contributed by atoms with Crippen LogP contribution in [0.4, 0.5) is 0 Å². The second-order valence-electron chi connectivity index (χ2n) is 7.44. The van der Waals surface area contributed by atoms with E-state index in [4.69, 9.17) is 12.8 Å². The van der Waals surface area contributed by atoms with Crippen LogP contribution in [0, 0.1) is 24.7 Å². The highest BCUT2D eigenvalue weighted by atomic mass is 14.0. The molecule has 0 spiro atoms. The molecule has 0 aliphatic carbocycles. The molecule has 0 amide bonds. The molecule has 0 bridgehead atoms. The van der Waals surface area contributed by atoms with Crippen LogP contribution in [0.2, 0.25) is 0 Å². The minimum atomic E-state index is 0.895. The predicted molar refractivity (Wildman–Crippen MR) is 138 cm³/mol. The Labute approximate surface area is 190 Å². The Balaban J connectivity index is 1.41. The van der Waals surface area contributed by atoms with Crippen LogP contribution in [0.15, 0.2) is 97.1 Å². The van der Waals surface area contributed by atoms with E-state index in [1.807, 2.05) is 48.5 Å². The van der Waals surface area contributed by atoms with Crippen molar-refractivity contribution in [2.24, 2.45) is 0 Å². The van der Waals surface area contributed by atoms with Gasteiger partial charge >= 0.3 is 0 Å². The maximum Gasteiger partial charge on any atom is 0.0243 e. The Morgan fingerprint density at radius 3 is 0.875 bits per heavy atom. The van der Waals surface area contributed by atoms with Crippen LogP contribution < -0.4 is 0 Å². The molecule has 0 unspecified atom stereocenters. The van der Waals surface area contributed by atoms with Gasteiger partial charge in [0.05, 0.1) is 0 Å². The summed E-state index contributed by atoms with van der Waals surface area (Å²) in [5.41, 5.74) is 8.75. The second kappa shape index (κ2) is 9.99. The van der Waals surface area contributed by atoms with E-state index >= 15 is 0 Å². The SMILES string of the molecule is C#Cc1ccc(/C=C\c2ccc(-c3ccc(/C=C\c4ccc(C#C)cc4)cc3)cc2)cc1. The molecule has 0 saturated heterocycles. The number of hydrogen-bond acceptors (Lipinski definition) is 0. The monoisotopic (exact) mass is 406 g/mol. The summed E-state index contributed by atoms with van der Waals surface area (Å²) in [7, 11) is 0. The standard InChI is InChI=1S/C32H22/c1-3-25-5-9-27(10-6-25)13-15-29-17-21-31(22-18-29)32-23-19-30(20-24-32)16-14-28-11-7-26(4-2)8-12-28/h1-2,5-24H/b15-13-,16-14-. The Kier molecular flexibility index (Phi) is 6.48. The number of rotatable bonds is 5. The normalized spacial score (nSPS) is 10.8. The minimum Gasteiger partial charge on any atom is -0.115 e. The van der Waals surface area contributed by atoms with Gasteiger partial charge in [-0.1, -0.05) is 109 Å². The molecule has 4 rings (SSSR count). The topological polar surface area (TPSA) is 0 Å². The van der Waals surface area contributed by atoms with Crippen LogP contribution in [-0.4, -0.2) is 0 Å². The van der Waals surface area contributed by atoms with E-state index in [0.29, 0.717) is 0 Å². The third kappa shape index (κ3) is 5.34. The van der Waals surface area contributed by atoms with Gasteiger partial charge in [0.1, 0.15) is 0 Å². The number of terminal acetylenes is 2. The van der Waals surface area contributed by atoms with Gasteiger partial charge in [0.25, 0.3) is 0 Å². The zero-order valence-electron chi connectivity index (χ0n) is 17.7. The molecule has 0 nitrogen and oxygen atoms in total. The van der Waals surface area contributed by atoms with Gasteiger partial charge in [0.15, 0.2) is 0 Å². The van der Waals surface area contributed by atoms with Crippen LogP contribution >= 0.6 is 0 Å². The summed E-state index contributed by atoms with van der Waals surface area (Å²) >= 11 is 0. The summed E-state index contributed by atoms with van der Waals surface area (Å²) in [5.74, 6) is 5.28. The first-order chi connectivity index (χ1) is 15.7. The maximum absolute atomic E-state index is 5.41. The van der Waals surface area contributed by atoms with Gasteiger partial charge in [0, 0.05) is 11.1 Å². The molecule has 0 saturated carbocycles. The van der Waals surface area contributed by atoms with Gasteiger partial charge in [-0.2, -0.15) is 0 Å². The van der Waals surface area contributed by atoms with E-state index in [9.17, 15) is 0 Å². The summed E-state index contributed by atoms with van der Waals surface area (Å²) in [6.45, 7) is 0. The van der Waals surface area contributed by atoms with Crippen molar-refractivity contribution in [2.75, 3.05) is 0 Å². The van der Waals surface area contributed by atoms with E-state index in [0.717, 1.165) is 33.4 Å². The average molecular weight is 407 g/mol.